The minimum Gasteiger partial charge on any atom is -0.512 e. The van der Waals surface area contributed by atoms with Crippen LogP contribution in [0.5, 0.6) is 0 Å². The number of ketones is 1. The first-order valence-corrected chi connectivity index (χ1v) is 15.8. The summed E-state index contributed by atoms with van der Waals surface area (Å²) in [6, 6.07) is 17.2. The number of hydrogen-bond acceptors (Lipinski definition) is 3. The van der Waals surface area contributed by atoms with Gasteiger partial charge in [-0.05, 0) is 102 Å². The van der Waals surface area contributed by atoms with Gasteiger partial charge in [0.05, 0.1) is 5.76 Å². The van der Waals surface area contributed by atoms with E-state index in [-0.39, 0.29) is 31.6 Å². The molecular weight excluding hydrogens is 695 g/mol. The largest absolute Gasteiger partial charge is 0.512 e. The number of aryl methyl sites for hydroxylation is 2. The van der Waals surface area contributed by atoms with E-state index in [0.29, 0.717) is 30.1 Å². The van der Waals surface area contributed by atoms with Gasteiger partial charge in [0.25, 0.3) is 0 Å². The van der Waals surface area contributed by atoms with Crippen molar-refractivity contribution >= 4 is 16.6 Å². The molecule has 4 bridgehead atoms. The third kappa shape index (κ3) is 7.43. The molecule has 0 aliphatic heterocycles. The van der Waals surface area contributed by atoms with E-state index in [9.17, 15) is 9.90 Å². The summed E-state index contributed by atoms with van der Waals surface area (Å²) in [5.74, 6) is 3.88. The van der Waals surface area contributed by atoms with E-state index >= 15 is 0 Å². The van der Waals surface area contributed by atoms with Crippen molar-refractivity contribution in [2.45, 2.75) is 98.3 Å². The predicted molar refractivity (Wildman–Crippen MR) is 170 cm³/mol. The van der Waals surface area contributed by atoms with Crippen molar-refractivity contribution in [2.24, 2.45) is 29.6 Å². The Bertz CT molecular complexity index is 1380. The van der Waals surface area contributed by atoms with Crippen LogP contribution in [-0.4, -0.2) is 15.9 Å². The Morgan fingerprint density at radius 3 is 2.14 bits per heavy atom. The number of carbonyl (C=O) groups is 1. The van der Waals surface area contributed by atoms with Crippen molar-refractivity contribution in [1.29, 1.82) is 0 Å². The summed E-state index contributed by atoms with van der Waals surface area (Å²) >= 11 is 0. The predicted octanol–water partition coefficient (Wildman–Crippen LogP) is 9.87. The molecule has 1 heterocycles. The average molecular weight is 743 g/mol. The molecule has 0 unspecified atom stereocenters. The number of aromatic nitrogens is 1. The summed E-state index contributed by atoms with van der Waals surface area (Å²) in [6.07, 6.45) is 13.2. The summed E-state index contributed by atoms with van der Waals surface area (Å²) < 4.78 is 0. The molecule has 0 amide bonds. The monoisotopic (exact) mass is 743 g/mol. The number of pyridine rings is 1. The van der Waals surface area contributed by atoms with Crippen molar-refractivity contribution in [3.8, 4) is 11.3 Å². The van der Waals surface area contributed by atoms with E-state index in [0.717, 1.165) is 29.0 Å². The van der Waals surface area contributed by atoms with Crippen LogP contribution < -0.4 is 0 Å². The molecule has 227 valence electrons. The second-order valence-electron chi connectivity index (χ2n) is 14.3. The van der Waals surface area contributed by atoms with Gasteiger partial charge in [-0.1, -0.05) is 59.7 Å². The fourth-order valence-corrected chi connectivity index (χ4v) is 8.47. The van der Waals surface area contributed by atoms with Gasteiger partial charge < -0.3 is 10.1 Å². The van der Waals surface area contributed by atoms with E-state index < -0.39 is 0 Å². The molecule has 2 aromatic carbocycles. The Balaban J connectivity index is 0.000000249. The van der Waals surface area contributed by atoms with Crippen LogP contribution in [0.25, 0.3) is 22.0 Å². The van der Waals surface area contributed by atoms with Crippen molar-refractivity contribution < 1.29 is 30.0 Å². The van der Waals surface area contributed by atoms with Crippen LogP contribution in [0.4, 0.5) is 0 Å². The smallest absolute Gasteiger partial charge is 0.159 e. The van der Waals surface area contributed by atoms with Gasteiger partial charge in [0, 0.05) is 45.2 Å². The fourth-order valence-electron chi connectivity index (χ4n) is 8.47. The number of aliphatic hydroxyl groups excluding tert-OH is 1. The van der Waals surface area contributed by atoms with Crippen LogP contribution in [-0.2, 0) is 30.3 Å². The molecule has 7 rings (SSSR count). The number of nitrogens with zero attached hydrogens (tertiary/aromatic N) is 1. The van der Waals surface area contributed by atoms with Gasteiger partial charge in [0.1, 0.15) is 0 Å². The van der Waals surface area contributed by atoms with Crippen LogP contribution in [0, 0.1) is 49.5 Å². The number of allylic oxidation sites excluding steroid dienone is 2. The Hall–Kier alpha value is -2.29. The van der Waals surface area contributed by atoms with Crippen LogP contribution in [0.2, 0.25) is 0 Å². The van der Waals surface area contributed by atoms with Gasteiger partial charge in [-0.2, -0.15) is 0 Å². The molecule has 1 aromatic heterocycles. The maximum Gasteiger partial charge on any atom is 0.159 e. The minimum absolute atomic E-state index is 0. The Morgan fingerprint density at radius 2 is 1.57 bits per heavy atom. The van der Waals surface area contributed by atoms with E-state index in [1.807, 2.05) is 33.9 Å². The zero-order chi connectivity index (χ0) is 29.3. The Morgan fingerprint density at radius 1 is 0.952 bits per heavy atom. The van der Waals surface area contributed by atoms with Gasteiger partial charge in [-0.15, -0.1) is 34.9 Å². The Kier molecular flexibility index (Phi) is 10.5. The average Bonchev–Trinajstić information content (AvgIpc) is 2.86. The number of fused-ring (bicyclic) bond motifs is 1. The van der Waals surface area contributed by atoms with E-state index in [2.05, 4.69) is 56.3 Å². The molecule has 1 N–H and O–H groups in total. The quantitative estimate of drug-likeness (QED) is 0.149. The van der Waals surface area contributed by atoms with Gasteiger partial charge >= 0.3 is 0 Å². The van der Waals surface area contributed by atoms with Crippen molar-refractivity contribution in [3.05, 3.63) is 77.2 Å². The van der Waals surface area contributed by atoms with Gasteiger partial charge in [-0.3, -0.25) is 4.79 Å². The van der Waals surface area contributed by atoms with Gasteiger partial charge in [0.15, 0.2) is 5.78 Å². The van der Waals surface area contributed by atoms with Gasteiger partial charge in [-0.25, -0.2) is 0 Å². The van der Waals surface area contributed by atoms with Crippen molar-refractivity contribution in [2.75, 3.05) is 0 Å². The zero-order valence-corrected chi connectivity index (χ0v) is 28.7. The molecule has 3 aromatic rings. The molecule has 4 aliphatic carbocycles. The summed E-state index contributed by atoms with van der Waals surface area (Å²) in [7, 11) is 0. The normalized spacial score (nSPS) is 24.5. The molecule has 0 spiro atoms. The topological polar surface area (TPSA) is 50.2 Å². The number of benzene rings is 2. The third-order valence-electron chi connectivity index (χ3n) is 9.37. The third-order valence-corrected chi connectivity index (χ3v) is 9.37. The van der Waals surface area contributed by atoms with Crippen LogP contribution in [0.15, 0.2) is 54.4 Å². The van der Waals surface area contributed by atoms with E-state index in [1.165, 1.54) is 66.5 Å². The molecule has 0 saturated heterocycles. The first kappa shape index (κ1) is 32.6. The van der Waals surface area contributed by atoms with Crippen molar-refractivity contribution in [3.63, 3.8) is 0 Å². The summed E-state index contributed by atoms with van der Waals surface area (Å²) in [5.41, 5.74) is 6.71. The Labute approximate surface area is 267 Å². The molecule has 42 heavy (non-hydrogen) atoms. The maximum atomic E-state index is 11.2. The minimum atomic E-state index is 0. The zero-order valence-electron chi connectivity index (χ0n) is 26.3. The fraction of sp³-hybridized carbons (Fsp3) is 0.526. The molecule has 4 fully saturated rings. The number of aliphatic hydroxyl groups is 1. The maximum absolute atomic E-state index is 11.2. The van der Waals surface area contributed by atoms with Crippen LogP contribution in [0.3, 0.4) is 0 Å². The second-order valence-corrected chi connectivity index (χ2v) is 14.3. The summed E-state index contributed by atoms with van der Waals surface area (Å²) in [6.45, 7) is 12.3. The first-order chi connectivity index (χ1) is 19.5. The SMILES string of the molecule is CC(C)CC(=O)/C=C(\O)CC(C)C.Cc1[c-]c(-c2nccc3c(C45CC6CC(CC(C6)C4)C5)cccc23)cc(C)c1.[Ir]. The number of carbonyl (C=O) groups excluding carboxylic acids is 1. The van der Waals surface area contributed by atoms with Crippen molar-refractivity contribution in [1.82, 2.24) is 4.98 Å². The first-order valence-electron chi connectivity index (χ1n) is 15.8. The summed E-state index contributed by atoms with van der Waals surface area (Å²) in [5, 5.41) is 12.1. The molecular formula is C38H48IrNO2-. The van der Waals surface area contributed by atoms with Crippen LogP contribution >= 0.6 is 0 Å². The van der Waals surface area contributed by atoms with E-state index in [4.69, 9.17) is 4.98 Å². The van der Waals surface area contributed by atoms with E-state index in [1.54, 1.807) is 5.56 Å². The molecule has 1 radical (unpaired) electrons. The summed E-state index contributed by atoms with van der Waals surface area (Å²) in [4.78, 5) is 16.0. The molecule has 0 atom stereocenters. The standard InChI is InChI=1S/C27H28N.C11H20O2.Ir/c1-17-8-18(2)10-22(9-17)26-24-4-3-5-25(23(24)6-7-28-26)27-14-19-11-20(15-27)13-21(12-19)16-27;1-8(2)5-10(12)7-11(13)6-9(3)4;/h3-9,19-21H,11-16H2,1-2H3;7-9,12H,5-6H2,1-4H3;/q-1;;/b;10-7-;. The molecule has 4 saturated carbocycles. The molecule has 3 nitrogen and oxygen atoms in total. The van der Waals surface area contributed by atoms with Crippen LogP contribution in [0.1, 0.15) is 95.8 Å². The van der Waals surface area contributed by atoms with Gasteiger partial charge in [0.2, 0.25) is 0 Å². The number of hydrogen-bond donors (Lipinski definition) is 1. The molecule has 4 aliphatic rings. The second kappa shape index (κ2) is 13.6. The number of rotatable bonds is 7. The molecule has 4 heteroatoms.